The maximum Gasteiger partial charge on any atom is 0.184 e. The highest BCUT2D eigenvalue weighted by atomic mass is 16.2. The molecular weight excluding hydrogens is 520 g/mol. The molecule has 3 aliphatic carbocycles. The van der Waals surface area contributed by atoms with E-state index in [4.69, 9.17) is 0 Å². The molecule has 0 amide bonds. The number of Topliss-reactive ketones (excluding diaryl/α,β-unsaturated/α-hetero) is 4. The van der Waals surface area contributed by atoms with Crippen LogP contribution in [0.3, 0.4) is 0 Å². The summed E-state index contributed by atoms with van der Waals surface area (Å²) in [5.74, 6) is -2.92. The van der Waals surface area contributed by atoms with Crippen molar-refractivity contribution in [3.05, 3.63) is 71.3 Å². The summed E-state index contributed by atoms with van der Waals surface area (Å²) in [5, 5.41) is 0. The summed E-state index contributed by atoms with van der Waals surface area (Å²) in [6.07, 6.45) is 8.23. The van der Waals surface area contributed by atoms with Gasteiger partial charge in [-0.05, 0) is 95.3 Å². The van der Waals surface area contributed by atoms with E-state index >= 15 is 4.79 Å². The number of rotatable bonds is 8. The van der Waals surface area contributed by atoms with Gasteiger partial charge >= 0.3 is 0 Å². The molecule has 4 heteroatoms. The van der Waals surface area contributed by atoms with Gasteiger partial charge in [0.05, 0.1) is 11.3 Å². The molecule has 5 atom stereocenters. The molecule has 0 heterocycles. The predicted octanol–water partition coefficient (Wildman–Crippen LogP) is 8.71. The van der Waals surface area contributed by atoms with E-state index in [1.165, 1.54) is 0 Å². The Morgan fingerprint density at radius 2 is 1.50 bits per heavy atom. The minimum Gasteiger partial charge on any atom is -0.298 e. The molecule has 3 aliphatic rings. The van der Waals surface area contributed by atoms with Crippen molar-refractivity contribution in [3.8, 4) is 0 Å². The van der Waals surface area contributed by atoms with Crippen LogP contribution in [0, 0.1) is 39.4 Å². The van der Waals surface area contributed by atoms with Crippen LogP contribution in [0.1, 0.15) is 111 Å². The van der Waals surface area contributed by atoms with Gasteiger partial charge < -0.3 is 0 Å². The Morgan fingerprint density at radius 3 is 2.07 bits per heavy atom. The number of ketones is 4. The summed E-state index contributed by atoms with van der Waals surface area (Å²) in [7, 11) is 0. The van der Waals surface area contributed by atoms with Crippen LogP contribution >= 0.6 is 0 Å². The van der Waals surface area contributed by atoms with Crippen molar-refractivity contribution in [2.45, 2.75) is 100 Å². The Morgan fingerprint density at radius 1 is 0.905 bits per heavy atom. The van der Waals surface area contributed by atoms with Crippen LogP contribution in [0.25, 0.3) is 0 Å². The van der Waals surface area contributed by atoms with Gasteiger partial charge in [0, 0.05) is 5.56 Å². The van der Waals surface area contributed by atoms with Crippen LogP contribution in [0.5, 0.6) is 0 Å². The third-order valence-electron chi connectivity index (χ3n) is 10.8. The lowest BCUT2D eigenvalue weighted by Crippen LogP contribution is -2.74. The standard InChI is InChI=1S/C38H50O4/c1-24(2)15-17-29-23-37(22-28-19-20-35(6,7)21-26(28)5)32(40)30(18-16-25(3)4)33(41)38(34(37)42,36(29,8)9)31(39)27-13-11-10-12-14-27/h10-16,28-30H,5,17-23H2,1-4,6-9H3. The van der Waals surface area contributed by atoms with E-state index in [1.807, 2.05) is 53.7 Å². The second-order valence-electron chi connectivity index (χ2n) is 15.2. The van der Waals surface area contributed by atoms with Crippen molar-refractivity contribution in [3.63, 3.8) is 0 Å². The van der Waals surface area contributed by atoms with Crippen molar-refractivity contribution in [1.82, 2.24) is 0 Å². The van der Waals surface area contributed by atoms with Gasteiger partial charge in [-0.3, -0.25) is 19.2 Å². The molecule has 0 N–H and O–H groups in total. The zero-order chi connectivity index (χ0) is 31.3. The highest BCUT2D eigenvalue weighted by Gasteiger charge is 2.77. The Labute approximate surface area is 253 Å². The zero-order valence-corrected chi connectivity index (χ0v) is 27.1. The fourth-order valence-corrected chi connectivity index (χ4v) is 8.28. The number of hydrogen-bond acceptors (Lipinski definition) is 4. The number of carbonyl (C=O) groups is 4. The first-order valence-electron chi connectivity index (χ1n) is 15.7. The molecule has 0 aliphatic heterocycles. The van der Waals surface area contributed by atoms with Crippen molar-refractivity contribution in [2.75, 3.05) is 0 Å². The summed E-state index contributed by atoms with van der Waals surface area (Å²) in [5.41, 5.74) is -0.640. The molecule has 3 saturated carbocycles. The third kappa shape index (κ3) is 5.13. The third-order valence-corrected chi connectivity index (χ3v) is 10.8. The van der Waals surface area contributed by atoms with Gasteiger partial charge in [0.15, 0.2) is 28.5 Å². The minimum atomic E-state index is -1.93. The van der Waals surface area contributed by atoms with Gasteiger partial charge in [0.25, 0.3) is 0 Å². The van der Waals surface area contributed by atoms with E-state index < -0.39 is 39.5 Å². The van der Waals surface area contributed by atoms with Crippen LogP contribution < -0.4 is 0 Å². The highest BCUT2D eigenvalue weighted by Crippen LogP contribution is 2.66. The van der Waals surface area contributed by atoms with Crippen molar-refractivity contribution in [1.29, 1.82) is 0 Å². The highest BCUT2D eigenvalue weighted by molar-refractivity contribution is 6.40. The van der Waals surface area contributed by atoms with E-state index in [2.05, 4.69) is 26.5 Å². The van der Waals surface area contributed by atoms with Crippen LogP contribution in [0.15, 0.2) is 65.8 Å². The summed E-state index contributed by atoms with van der Waals surface area (Å²) >= 11 is 0. The molecule has 1 aromatic rings. The van der Waals surface area contributed by atoms with Gasteiger partial charge in [-0.15, -0.1) is 0 Å². The fourth-order valence-electron chi connectivity index (χ4n) is 8.28. The molecule has 1 aromatic carbocycles. The van der Waals surface area contributed by atoms with Crippen molar-refractivity contribution in [2.24, 2.45) is 39.4 Å². The molecule has 5 unspecified atom stereocenters. The first kappa shape index (κ1) is 32.0. The number of benzene rings is 1. The molecule has 42 heavy (non-hydrogen) atoms. The molecule has 4 nitrogen and oxygen atoms in total. The molecule has 0 radical (unpaired) electrons. The molecule has 0 aromatic heterocycles. The van der Waals surface area contributed by atoms with Crippen LogP contribution in [0.2, 0.25) is 0 Å². The number of hydrogen-bond donors (Lipinski definition) is 0. The van der Waals surface area contributed by atoms with Crippen LogP contribution in [-0.2, 0) is 14.4 Å². The van der Waals surface area contributed by atoms with Gasteiger partial charge in [-0.2, -0.15) is 0 Å². The lowest BCUT2D eigenvalue weighted by Gasteiger charge is -2.61. The van der Waals surface area contributed by atoms with E-state index in [9.17, 15) is 14.4 Å². The molecule has 3 fully saturated rings. The van der Waals surface area contributed by atoms with E-state index in [1.54, 1.807) is 24.3 Å². The van der Waals surface area contributed by atoms with Crippen molar-refractivity contribution < 1.29 is 19.2 Å². The monoisotopic (exact) mass is 570 g/mol. The van der Waals surface area contributed by atoms with Crippen LogP contribution in [-0.4, -0.2) is 23.1 Å². The molecule has 226 valence electrons. The number of allylic oxidation sites excluding steroid dienone is 5. The smallest absolute Gasteiger partial charge is 0.184 e. The number of carbonyl (C=O) groups excluding carboxylic acids is 4. The van der Waals surface area contributed by atoms with Crippen LogP contribution in [0.4, 0.5) is 0 Å². The molecule has 0 saturated heterocycles. The Balaban J connectivity index is 1.99. The predicted molar refractivity (Wildman–Crippen MR) is 169 cm³/mol. The van der Waals surface area contributed by atoms with E-state index in [0.717, 1.165) is 36.0 Å². The minimum absolute atomic E-state index is 0.00178. The largest absolute Gasteiger partial charge is 0.298 e. The average molecular weight is 571 g/mol. The average Bonchev–Trinajstić information content (AvgIpc) is 2.90. The first-order chi connectivity index (χ1) is 19.5. The summed E-state index contributed by atoms with van der Waals surface area (Å²) in [6, 6.07) is 8.75. The summed E-state index contributed by atoms with van der Waals surface area (Å²) in [6.45, 7) is 20.7. The van der Waals surface area contributed by atoms with Gasteiger partial charge in [0.2, 0.25) is 0 Å². The normalized spacial score (nSPS) is 31.9. The second kappa shape index (κ2) is 11.3. The zero-order valence-electron chi connectivity index (χ0n) is 27.1. The quantitative estimate of drug-likeness (QED) is 0.178. The molecule has 0 spiro atoms. The van der Waals surface area contributed by atoms with E-state index in [0.29, 0.717) is 24.8 Å². The first-order valence-corrected chi connectivity index (χ1v) is 15.7. The molecular formula is C38H50O4. The Bertz CT molecular complexity index is 1350. The number of fused-ring (bicyclic) bond motifs is 2. The van der Waals surface area contributed by atoms with Gasteiger partial charge in [0.1, 0.15) is 0 Å². The summed E-state index contributed by atoms with van der Waals surface area (Å²) < 4.78 is 0. The molecule has 4 rings (SSSR count). The SMILES string of the molecule is C=C1CC(C)(C)CCC1CC12CC(CC=C(C)C)C(C)(C)C(C(=O)c3ccccc3)(C(=O)C(CC=C(C)C)C1=O)C2=O. The van der Waals surface area contributed by atoms with Gasteiger partial charge in [-0.25, -0.2) is 0 Å². The lowest BCUT2D eigenvalue weighted by molar-refractivity contribution is -0.180. The Kier molecular flexibility index (Phi) is 8.64. The summed E-state index contributed by atoms with van der Waals surface area (Å²) in [4.78, 5) is 59.7. The van der Waals surface area contributed by atoms with Crippen molar-refractivity contribution >= 4 is 23.1 Å². The topological polar surface area (TPSA) is 68.3 Å². The maximum atomic E-state index is 15.3. The van der Waals surface area contributed by atoms with E-state index in [-0.39, 0.29) is 29.5 Å². The Hall–Kier alpha value is -2.88. The lowest BCUT2D eigenvalue weighted by atomic mass is 9.37. The maximum absolute atomic E-state index is 15.3. The fraction of sp³-hybridized carbons (Fsp3) is 0.579. The molecule has 2 bridgehead atoms. The van der Waals surface area contributed by atoms with Gasteiger partial charge in [-0.1, -0.05) is 93.5 Å². The second-order valence-corrected chi connectivity index (χ2v) is 15.2.